The fraction of sp³-hybridized carbons (Fsp3) is 0.538. The first kappa shape index (κ1) is 18.2. The van der Waals surface area contributed by atoms with Gasteiger partial charge in [-0.05, 0) is 43.5 Å². The highest BCUT2D eigenvalue weighted by Crippen LogP contribution is 2.04. The van der Waals surface area contributed by atoms with Gasteiger partial charge in [-0.15, -0.1) is 24.8 Å². The van der Waals surface area contributed by atoms with Crippen LogP contribution >= 0.6 is 24.8 Å². The Balaban J connectivity index is 0.00000162. The minimum absolute atomic E-state index is 0. The Morgan fingerprint density at radius 3 is 2.74 bits per heavy atom. The molecule has 1 aromatic heterocycles. The van der Waals surface area contributed by atoms with Crippen molar-refractivity contribution in [3.63, 3.8) is 0 Å². The lowest BCUT2D eigenvalue weighted by Gasteiger charge is -2.11. The molecule has 2 rings (SSSR count). The molecular formula is C13H21Cl2N3O. The number of aromatic nitrogens is 1. The second-order valence-electron chi connectivity index (χ2n) is 4.45. The van der Waals surface area contributed by atoms with Gasteiger partial charge in [-0.1, -0.05) is 0 Å². The molecule has 108 valence electrons. The Hall–Kier alpha value is -0.840. The second-order valence-corrected chi connectivity index (χ2v) is 4.45. The summed E-state index contributed by atoms with van der Waals surface area (Å²) in [5, 5.41) is 6.34. The van der Waals surface area contributed by atoms with Crippen molar-refractivity contribution in [2.45, 2.75) is 31.7 Å². The first-order valence-corrected chi connectivity index (χ1v) is 6.23. The highest BCUT2D eigenvalue weighted by molar-refractivity contribution is 5.85. The predicted molar refractivity (Wildman–Crippen MR) is 81.1 cm³/mol. The maximum absolute atomic E-state index is 11.6. The molecule has 0 bridgehead atoms. The summed E-state index contributed by atoms with van der Waals surface area (Å²) < 4.78 is 0. The number of rotatable bonds is 5. The van der Waals surface area contributed by atoms with Crippen LogP contribution in [0, 0.1) is 0 Å². The molecule has 4 nitrogen and oxygen atoms in total. The lowest BCUT2D eigenvalue weighted by molar-refractivity contribution is -0.121. The van der Waals surface area contributed by atoms with Crippen LogP contribution in [0.15, 0.2) is 24.5 Å². The normalized spacial score (nSPS) is 17.2. The van der Waals surface area contributed by atoms with Crippen LogP contribution in [0.4, 0.5) is 0 Å². The Kier molecular flexibility index (Phi) is 9.57. The first-order chi connectivity index (χ1) is 8.34. The quantitative estimate of drug-likeness (QED) is 0.871. The van der Waals surface area contributed by atoms with Crippen LogP contribution in [0.5, 0.6) is 0 Å². The molecule has 0 spiro atoms. The van der Waals surface area contributed by atoms with E-state index < -0.39 is 0 Å². The SMILES string of the molecule is Cl.Cl.O=C(CCc1ccncc1)NCC1CCCN1. The van der Waals surface area contributed by atoms with Gasteiger partial charge in [-0.25, -0.2) is 0 Å². The Morgan fingerprint density at radius 1 is 1.37 bits per heavy atom. The van der Waals surface area contributed by atoms with E-state index in [1.165, 1.54) is 12.8 Å². The second kappa shape index (κ2) is 10.0. The maximum Gasteiger partial charge on any atom is 0.220 e. The molecule has 0 aromatic carbocycles. The van der Waals surface area contributed by atoms with Gasteiger partial charge in [0.2, 0.25) is 5.91 Å². The molecule has 2 heterocycles. The number of pyridine rings is 1. The minimum atomic E-state index is 0. The van der Waals surface area contributed by atoms with Crippen molar-refractivity contribution in [2.24, 2.45) is 0 Å². The van der Waals surface area contributed by atoms with Gasteiger partial charge >= 0.3 is 0 Å². The summed E-state index contributed by atoms with van der Waals surface area (Å²) in [4.78, 5) is 15.6. The molecule has 6 heteroatoms. The summed E-state index contributed by atoms with van der Waals surface area (Å²) >= 11 is 0. The average molecular weight is 306 g/mol. The largest absolute Gasteiger partial charge is 0.355 e. The number of hydrogen-bond acceptors (Lipinski definition) is 3. The lowest BCUT2D eigenvalue weighted by Crippen LogP contribution is -2.37. The fourth-order valence-corrected chi connectivity index (χ4v) is 2.06. The van der Waals surface area contributed by atoms with Crippen molar-refractivity contribution in [1.29, 1.82) is 0 Å². The highest BCUT2D eigenvalue weighted by atomic mass is 35.5. The zero-order chi connectivity index (χ0) is 11.9. The summed E-state index contributed by atoms with van der Waals surface area (Å²) in [6, 6.07) is 4.37. The monoisotopic (exact) mass is 305 g/mol. The smallest absolute Gasteiger partial charge is 0.220 e. The van der Waals surface area contributed by atoms with E-state index >= 15 is 0 Å². The number of nitrogens with zero attached hydrogens (tertiary/aromatic N) is 1. The van der Waals surface area contributed by atoms with Crippen LogP contribution in [0.3, 0.4) is 0 Å². The molecule has 1 saturated heterocycles. The first-order valence-electron chi connectivity index (χ1n) is 6.23. The van der Waals surface area contributed by atoms with E-state index in [0.717, 1.165) is 25.1 Å². The fourth-order valence-electron chi connectivity index (χ4n) is 2.06. The molecule has 0 aliphatic carbocycles. The summed E-state index contributed by atoms with van der Waals surface area (Å²) in [6.45, 7) is 1.84. The van der Waals surface area contributed by atoms with E-state index in [1.54, 1.807) is 12.4 Å². The van der Waals surface area contributed by atoms with Gasteiger partial charge in [-0.3, -0.25) is 9.78 Å². The molecular weight excluding hydrogens is 285 g/mol. The minimum Gasteiger partial charge on any atom is -0.355 e. The van der Waals surface area contributed by atoms with Gasteiger partial charge in [0.05, 0.1) is 0 Å². The van der Waals surface area contributed by atoms with Gasteiger partial charge in [0.25, 0.3) is 0 Å². The van der Waals surface area contributed by atoms with Crippen molar-refractivity contribution >= 4 is 30.7 Å². The van der Waals surface area contributed by atoms with Gasteiger partial charge in [0.15, 0.2) is 0 Å². The molecule has 1 atom stereocenters. The highest BCUT2D eigenvalue weighted by Gasteiger charge is 2.14. The van der Waals surface area contributed by atoms with Crippen molar-refractivity contribution in [3.8, 4) is 0 Å². The van der Waals surface area contributed by atoms with Crippen molar-refractivity contribution in [3.05, 3.63) is 30.1 Å². The summed E-state index contributed by atoms with van der Waals surface area (Å²) in [7, 11) is 0. The third-order valence-corrected chi connectivity index (χ3v) is 3.10. The number of nitrogens with one attached hydrogen (secondary N) is 2. The van der Waals surface area contributed by atoms with Gasteiger partial charge in [0.1, 0.15) is 0 Å². The van der Waals surface area contributed by atoms with E-state index in [0.29, 0.717) is 12.5 Å². The summed E-state index contributed by atoms with van der Waals surface area (Å²) in [5.41, 5.74) is 1.16. The third-order valence-electron chi connectivity index (χ3n) is 3.10. The third kappa shape index (κ3) is 6.76. The average Bonchev–Trinajstić information content (AvgIpc) is 2.88. The Bertz CT molecular complexity index is 356. The zero-order valence-corrected chi connectivity index (χ0v) is 12.4. The van der Waals surface area contributed by atoms with Crippen LogP contribution in [0.1, 0.15) is 24.8 Å². The summed E-state index contributed by atoms with van der Waals surface area (Å²) in [5.74, 6) is 0.135. The van der Waals surface area contributed by atoms with Gasteiger partial charge < -0.3 is 10.6 Å². The molecule has 1 aliphatic rings. The maximum atomic E-state index is 11.6. The molecule has 1 aromatic rings. The standard InChI is InChI=1S/C13H19N3O.2ClH/c17-13(16-10-12-2-1-7-15-12)4-3-11-5-8-14-9-6-11;;/h5-6,8-9,12,15H,1-4,7,10H2,(H,16,17);2*1H. The van der Waals surface area contributed by atoms with E-state index in [9.17, 15) is 4.79 Å². The number of carbonyl (C=O) groups is 1. The van der Waals surface area contributed by atoms with Crippen LogP contribution in [0.25, 0.3) is 0 Å². The van der Waals surface area contributed by atoms with Gasteiger partial charge in [-0.2, -0.15) is 0 Å². The van der Waals surface area contributed by atoms with E-state index in [2.05, 4.69) is 15.6 Å². The Morgan fingerprint density at radius 2 is 2.11 bits per heavy atom. The molecule has 1 amide bonds. The molecule has 1 unspecified atom stereocenters. The number of aryl methyl sites for hydroxylation is 1. The number of halogens is 2. The predicted octanol–water partition coefficient (Wildman–Crippen LogP) is 1.73. The molecule has 0 saturated carbocycles. The van der Waals surface area contributed by atoms with Crippen LogP contribution in [-0.2, 0) is 11.2 Å². The molecule has 0 radical (unpaired) electrons. The van der Waals surface area contributed by atoms with Crippen LogP contribution in [0.2, 0.25) is 0 Å². The van der Waals surface area contributed by atoms with Crippen molar-refractivity contribution < 1.29 is 4.79 Å². The number of amides is 1. The Labute approximate surface area is 126 Å². The number of hydrogen-bond donors (Lipinski definition) is 2. The molecule has 2 N–H and O–H groups in total. The van der Waals surface area contributed by atoms with Gasteiger partial charge in [0, 0.05) is 31.4 Å². The van der Waals surface area contributed by atoms with Crippen LogP contribution in [-0.4, -0.2) is 30.0 Å². The lowest BCUT2D eigenvalue weighted by atomic mass is 10.1. The topological polar surface area (TPSA) is 54.0 Å². The zero-order valence-electron chi connectivity index (χ0n) is 10.8. The van der Waals surface area contributed by atoms with Crippen molar-refractivity contribution in [1.82, 2.24) is 15.6 Å². The van der Waals surface area contributed by atoms with Crippen molar-refractivity contribution in [2.75, 3.05) is 13.1 Å². The molecule has 1 aliphatic heterocycles. The molecule has 1 fully saturated rings. The van der Waals surface area contributed by atoms with E-state index in [4.69, 9.17) is 0 Å². The summed E-state index contributed by atoms with van der Waals surface area (Å²) in [6.07, 6.45) is 7.25. The van der Waals surface area contributed by atoms with E-state index in [1.807, 2.05) is 12.1 Å². The molecule has 19 heavy (non-hydrogen) atoms. The van der Waals surface area contributed by atoms with Crippen LogP contribution < -0.4 is 10.6 Å². The van der Waals surface area contributed by atoms with E-state index in [-0.39, 0.29) is 30.7 Å². The number of carbonyl (C=O) groups excluding carboxylic acids is 1.